The first kappa shape index (κ1) is 17.0. The van der Waals surface area contributed by atoms with Gasteiger partial charge in [0.1, 0.15) is 0 Å². The molecule has 4 nitrogen and oxygen atoms in total. The quantitative estimate of drug-likeness (QED) is 0.805. The normalized spacial score (nSPS) is 14.6. The highest BCUT2D eigenvalue weighted by Gasteiger charge is 2.17. The van der Waals surface area contributed by atoms with E-state index in [2.05, 4.69) is 5.32 Å². The predicted octanol–water partition coefficient (Wildman–Crippen LogP) is 4.62. The van der Waals surface area contributed by atoms with Gasteiger partial charge in [0, 0.05) is 22.0 Å². The number of anilines is 1. The number of hydrogen-bond acceptors (Lipinski definition) is 4. The summed E-state index contributed by atoms with van der Waals surface area (Å²) < 4.78 is 11.3. The fraction of sp³-hybridized carbons (Fsp3) is 0.278. The molecule has 1 N–H and O–H groups in total. The van der Waals surface area contributed by atoms with Gasteiger partial charge in [-0.1, -0.05) is 17.7 Å². The molecule has 2 aromatic carbocycles. The Labute approximate surface area is 150 Å². The number of halogens is 1. The first-order valence-electron chi connectivity index (χ1n) is 7.74. The second-order valence-corrected chi connectivity index (χ2v) is 7.27. The van der Waals surface area contributed by atoms with E-state index in [1.165, 1.54) is 11.8 Å². The molecule has 1 aliphatic rings. The van der Waals surface area contributed by atoms with Crippen LogP contribution in [0.3, 0.4) is 0 Å². The number of fused-ring (bicyclic) bond motifs is 1. The van der Waals surface area contributed by atoms with E-state index in [1.54, 1.807) is 18.2 Å². The second kappa shape index (κ2) is 7.81. The lowest BCUT2D eigenvalue weighted by Crippen LogP contribution is -2.22. The largest absolute Gasteiger partial charge is 0.490 e. The Hall–Kier alpha value is -1.85. The maximum absolute atomic E-state index is 12.3. The highest BCUT2D eigenvalue weighted by Crippen LogP contribution is 2.35. The number of carbonyl (C=O) groups is 1. The van der Waals surface area contributed by atoms with E-state index in [4.69, 9.17) is 21.1 Å². The molecule has 24 heavy (non-hydrogen) atoms. The number of rotatable bonds is 4. The lowest BCUT2D eigenvalue weighted by Gasteiger charge is -2.14. The first-order chi connectivity index (χ1) is 11.6. The highest BCUT2D eigenvalue weighted by molar-refractivity contribution is 8.00. The van der Waals surface area contributed by atoms with Gasteiger partial charge >= 0.3 is 0 Å². The molecule has 6 heteroatoms. The number of hydrogen-bond donors (Lipinski definition) is 1. The van der Waals surface area contributed by atoms with E-state index in [0.717, 1.165) is 22.8 Å². The number of ether oxygens (including phenoxy) is 2. The van der Waals surface area contributed by atoms with Crippen molar-refractivity contribution in [1.82, 2.24) is 0 Å². The number of amides is 1. The maximum Gasteiger partial charge on any atom is 0.237 e. The summed E-state index contributed by atoms with van der Waals surface area (Å²) in [6, 6.07) is 12.9. The lowest BCUT2D eigenvalue weighted by molar-refractivity contribution is -0.115. The molecule has 0 aliphatic carbocycles. The topological polar surface area (TPSA) is 47.6 Å². The van der Waals surface area contributed by atoms with Crippen molar-refractivity contribution in [3.05, 3.63) is 47.5 Å². The summed E-state index contributed by atoms with van der Waals surface area (Å²) in [5.74, 6) is 1.42. The molecule has 2 aromatic rings. The zero-order chi connectivity index (χ0) is 16.9. The minimum atomic E-state index is -0.256. The Balaban J connectivity index is 1.64. The Morgan fingerprint density at radius 3 is 2.75 bits per heavy atom. The Kier molecular flexibility index (Phi) is 5.53. The van der Waals surface area contributed by atoms with E-state index in [0.29, 0.717) is 23.9 Å². The molecule has 0 radical (unpaired) electrons. The van der Waals surface area contributed by atoms with Gasteiger partial charge in [0.2, 0.25) is 5.91 Å². The van der Waals surface area contributed by atoms with Crippen LogP contribution >= 0.6 is 23.4 Å². The van der Waals surface area contributed by atoms with Crippen LogP contribution in [0.1, 0.15) is 13.3 Å². The van der Waals surface area contributed by atoms with Gasteiger partial charge in [-0.05, 0) is 43.3 Å². The van der Waals surface area contributed by atoms with Crippen LogP contribution in [0.4, 0.5) is 5.69 Å². The van der Waals surface area contributed by atoms with Gasteiger partial charge in [0.05, 0.1) is 18.5 Å². The van der Waals surface area contributed by atoms with Crippen LogP contribution in [0.2, 0.25) is 5.02 Å². The van der Waals surface area contributed by atoms with Gasteiger partial charge in [0.15, 0.2) is 11.5 Å². The average Bonchev–Trinajstić information content (AvgIpc) is 2.79. The van der Waals surface area contributed by atoms with E-state index >= 15 is 0 Å². The van der Waals surface area contributed by atoms with E-state index in [1.807, 2.05) is 31.2 Å². The van der Waals surface area contributed by atoms with E-state index < -0.39 is 0 Å². The second-order valence-electron chi connectivity index (χ2n) is 5.42. The van der Waals surface area contributed by atoms with Crippen molar-refractivity contribution in [2.75, 3.05) is 18.5 Å². The first-order valence-corrected chi connectivity index (χ1v) is 9.00. The van der Waals surface area contributed by atoms with E-state index in [-0.39, 0.29) is 11.2 Å². The monoisotopic (exact) mass is 363 g/mol. The Bertz CT molecular complexity index is 738. The van der Waals surface area contributed by atoms with Gasteiger partial charge in [-0.3, -0.25) is 4.79 Å². The molecule has 0 saturated carbocycles. The third-order valence-electron chi connectivity index (χ3n) is 3.49. The van der Waals surface area contributed by atoms with Crippen molar-refractivity contribution >= 4 is 35.0 Å². The molecule has 126 valence electrons. The van der Waals surface area contributed by atoms with Crippen LogP contribution in [-0.4, -0.2) is 24.4 Å². The molecule has 1 aliphatic heterocycles. The summed E-state index contributed by atoms with van der Waals surface area (Å²) in [5, 5.41) is 3.21. The van der Waals surface area contributed by atoms with Crippen molar-refractivity contribution in [3.8, 4) is 11.5 Å². The summed E-state index contributed by atoms with van der Waals surface area (Å²) in [6.45, 7) is 3.18. The van der Waals surface area contributed by atoms with Crippen molar-refractivity contribution in [2.45, 2.75) is 23.5 Å². The molecule has 1 heterocycles. The van der Waals surface area contributed by atoms with Crippen molar-refractivity contribution in [1.29, 1.82) is 0 Å². The Morgan fingerprint density at radius 2 is 1.96 bits per heavy atom. The molecule has 0 unspecified atom stereocenters. The van der Waals surface area contributed by atoms with Crippen LogP contribution in [0.5, 0.6) is 11.5 Å². The number of nitrogens with one attached hydrogen (secondary N) is 1. The van der Waals surface area contributed by atoms with Gasteiger partial charge in [-0.15, -0.1) is 11.8 Å². The van der Waals surface area contributed by atoms with Gasteiger partial charge < -0.3 is 14.8 Å². The van der Waals surface area contributed by atoms with Gasteiger partial charge in [0.25, 0.3) is 0 Å². The van der Waals surface area contributed by atoms with Crippen LogP contribution in [0.15, 0.2) is 47.4 Å². The highest BCUT2D eigenvalue weighted by atomic mass is 35.5. The summed E-state index contributed by atoms with van der Waals surface area (Å²) >= 11 is 7.41. The molecule has 0 fully saturated rings. The zero-order valence-corrected chi connectivity index (χ0v) is 14.8. The summed E-state index contributed by atoms with van der Waals surface area (Å²) in [6.07, 6.45) is 0.871. The molecular weight excluding hydrogens is 346 g/mol. The average molecular weight is 364 g/mol. The van der Waals surface area contributed by atoms with Crippen LogP contribution in [-0.2, 0) is 4.79 Å². The SMILES string of the molecule is C[C@@H](Sc1ccc2c(c1)OCCCO2)C(=O)Nc1cccc(Cl)c1. The maximum atomic E-state index is 12.3. The summed E-state index contributed by atoms with van der Waals surface area (Å²) in [5.41, 5.74) is 0.693. The van der Waals surface area contributed by atoms with Gasteiger partial charge in [-0.2, -0.15) is 0 Å². The smallest absolute Gasteiger partial charge is 0.237 e. The molecule has 1 atom stereocenters. The molecule has 0 spiro atoms. The minimum absolute atomic E-state index is 0.0747. The third kappa shape index (κ3) is 4.36. The fourth-order valence-corrected chi connectivity index (χ4v) is 3.37. The third-order valence-corrected chi connectivity index (χ3v) is 4.82. The predicted molar refractivity (Wildman–Crippen MR) is 97.4 cm³/mol. The van der Waals surface area contributed by atoms with Crippen LogP contribution in [0, 0.1) is 0 Å². The van der Waals surface area contributed by atoms with Crippen LogP contribution < -0.4 is 14.8 Å². The standard InChI is InChI=1S/C18H18ClNO3S/c1-12(18(21)20-14-5-2-4-13(19)10-14)24-15-6-7-16-17(11-15)23-9-3-8-22-16/h2,4-7,10-12H,3,8-9H2,1H3,(H,20,21)/t12-/m1/s1. The summed E-state index contributed by atoms with van der Waals surface area (Å²) in [7, 11) is 0. The fourth-order valence-electron chi connectivity index (χ4n) is 2.28. The number of carbonyl (C=O) groups excluding carboxylic acids is 1. The molecule has 1 amide bonds. The van der Waals surface area contributed by atoms with Crippen LogP contribution in [0.25, 0.3) is 0 Å². The zero-order valence-electron chi connectivity index (χ0n) is 13.3. The minimum Gasteiger partial charge on any atom is -0.490 e. The number of thioether (sulfide) groups is 1. The summed E-state index contributed by atoms with van der Waals surface area (Å²) in [4.78, 5) is 13.3. The van der Waals surface area contributed by atoms with Crippen molar-refractivity contribution in [3.63, 3.8) is 0 Å². The van der Waals surface area contributed by atoms with Gasteiger partial charge in [-0.25, -0.2) is 0 Å². The van der Waals surface area contributed by atoms with Crippen molar-refractivity contribution in [2.24, 2.45) is 0 Å². The molecule has 0 aromatic heterocycles. The van der Waals surface area contributed by atoms with Crippen molar-refractivity contribution < 1.29 is 14.3 Å². The Morgan fingerprint density at radius 1 is 1.17 bits per heavy atom. The van der Waals surface area contributed by atoms with E-state index in [9.17, 15) is 4.79 Å². The molecule has 0 bridgehead atoms. The molecular formula is C18H18ClNO3S. The number of benzene rings is 2. The molecule has 3 rings (SSSR count). The lowest BCUT2D eigenvalue weighted by atomic mass is 10.3. The molecule has 0 saturated heterocycles.